The molecule has 1 aliphatic heterocycles. The summed E-state index contributed by atoms with van der Waals surface area (Å²) in [5.74, 6) is 1.24. The van der Waals surface area contributed by atoms with Gasteiger partial charge in [0.2, 0.25) is 0 Å². The Hall–Kier alpha value is -0.830. The van der Waals surface area contributed by atoms with Crippen molar-refractivity contribution in [1.29, 1.82) is 0 Å². The highest BCUT2D eigenvalue weighted by Gasteiger charge is 2.19. The second-order valence-corrected chi connectivity index (χ2v) is 4.17. The third-order valence-corrected chi connectivity index (χ3v) is 2.83. The Morgan fingerprint density at radius 2 is 2.29 bits per heavy atom. The van der Waals surface area contributed by atoms with Crippen LogP contribution in [0.3, 0.4) is 0 Å². The second kappa shape index (κ2) is 3.73. The van der Waals surface area contributed by atoms with E-state index in [2.05, 4.69) is 30.7 Å². The van der Waals surface area contributed by atoms with E-state index in [-0.39, 0.29) is 0 Å². The zero-order valence-corrected chi connectivity index (χ0v) is 9.30. The number of hydrogen-bond donors (Lipinski definition) is 1. The highest BCUT2D eigenvalue weighted by molar-refractivity contribution is 5.21. The van der Waals surface area contributed by atoms with Crippen molar-refractivity contribution >= 4 is 0 Å². The molecular weight excluding hydrogens is 174 g/mol. The quantitative estimate of drug-likeness (QED) is 0.774. The Morgan fingerprint density at radius 3 is 2.93 bits per heavy atom. The number of nitrogens with one attached hydrogen (secondary N) is 1. The van der Waals surface area contributed by atoms with Crippen molar-refractivity contribution in [2.75, 3.05) is 6.54 Å². The Labute approximate surface area is 85.5 Å². The molecule has 1 aromatic rings. The number of nitrogens with zero attached hydrogens (tertiary/aromatic N) is 2. The number of rotatable bonds is 2. The molecule has 0 radical (unpaired) electrons. The van der Waals surface area contributed by atoms with E-state index in [4.69, 9.17) is 4.98 Å². The van der Waals surface area contributed by atoms with Crippen LogP contribution in [0, 0.1) is 0 Å². The first-order valence-corrected chi connectivity index (χ1v) is 5.53. The van der Waals surface area contributed by atoms with Crippen LogP contribution in [-0.2, 0) is 19.4 Å². The van der Waals surface area contributed by atoms with Crippen molar-refractivity contribution in [3.8, 4) is 0 Å². The van der Waals surface area contributed by atoms with Gasteiger partial charge in [-0.15, -0.1) is 0 Å². The van der Waals surface area contributed by atoms with Gasteiger partial charge in [-0.25, -0.2) is 4.98 Å². The highest BCUT2D eigenvalue weighted by atomic mass is 15.1. The van der Waals surface area contributed by atoms with Crippen molar-refractivity contribution in [3.05, 3.63) is 17.2 Å². The van der Waals surface area contributed by atoms with E-state index >= 15 is 0 Å². The fourth-order valence-corrected chi connectivity index (χ4v) is 2.25. The molecule has 0 unspecified atom stereocenters. The summed E-state index contributed by atoms with van der Waals surface area (Å²) in [4.78, 5) is 4.69. The van der Waals surface area contributed by atoms with Crippen molar-refractivity contribution in [2.45, 2.75) is 46.2 Å². The maximum atomic E-state index is 4.69. The van der Waals surface area contributed by atoms with Crippen molar-refractivity contribution in [1.82, 2.24) is 14.9 Å². The maximum absolute atomic E-state index is 4.69. The van der Waals surface area contributed by atoms with E-state index in [1.165, 1.54) is 17.2 Å². The Kier molecular flexibility index (Phi) is 2.59. The number of imidazole rings is 1. The molecule has 0 aromatic carbocycles. The summed E-state index contributed by atoms with van der Waals surface area (Å²) in [6.07, 6.45) is 2.16. The van der Waals surface area contributed by atoms with Crippen LogP contribution in [-0.4, -0.2) is 16.1 Å². The third-order valence-electron chi connectivity index (χ3n) is 2.83. The van der Waals surface area contributed by atoms with Gasteiger partial charge in [0, 0.05) is 37.7 Å². The maximum Gasteiger partial charge on any atom is 0.109 e. The standard InChI is InChI=1S/C11H19N3/c1-4-11-13-9-7-12-6-5-10(9)14(11)8(2)3/h8,12H,4-7H2,1-3H3. The SMILES string of the molecule is CCc1nc2c(n1C(C)C)CCNC2. The lowest BCUT2D eigenvalue weighted by atomic mass is 10.1. The van der Waals surface area contributed by atoms with E-state index < -0.39 is 0 Å². The fraction of sp³-hybridized carbons (Fsp3) is 0.727. The normalized spacial score (nSPS) is 16.0. The molecule has 0 aliphatic carbocycles. The third kappa shape index (κ3) is 1.46. The van der Waals surface area contributed by atoms with Crippen LogP contribution < -0.4 is 5.32 Å². The number of hydrogen-bond acceptors (Lipinski definition) is 2. The first-order valence-electron chi connectivity index (χ1n) is 5.53. The molecule has 1 aliphatic rings. The molecular formula is C11H19N3. The molecule has 0 saturated heterocycles. The van der Waals surface area contributed by atoms with Crippen LogP contribution in [0.2, 0.25) is 0 Å². The highest BCUT2D eigenvalue weighted by Crippen LogP contribution is 2.20. The smallest absolute Gasteiger partial charge is 0.109 e. The molecule has 1 N–H and O–H groups in total. The molecule has 0 atom stereocenters. The average Bonchev–Trinajstić information content (AvgIpc) is 2.55. The fourth-order valence-electron chi connectivity index (χ4n) is 2.25. The van der Waals surface area contributed by atoms with E-state index in [9.17, 15) is 0 Å². The Bertz CT molecular complexity index is 326. The monoisotopic (exact) mass is 193 g/mol. The van der Waals surface area contributed by atoms with E-state index in [0.29, 0.717) is 6.04 Å². The van der Waals surface area contributed by atoms with Gasteiger partial charge in [-0.2, -0.15) is 0 Å². The first-order chi connectivity index (χ1) is 6.74. The molecule has 0 saturated carbocycles. The minimum Gasteiger partial charge on any atom is -0.329 e. The summed E-state index contributed by atoms with van der Waals surface area (Å²) in [6, 6.07) is 0.541. The van der Waals surface area contributed by atoms with Gasteiger partial charge >= 0.3 is 0 Å². The number of aromatic nitrogens is 2. The Balaban J connectivity index is 2.48. The lowest BCUT2D eigenvalue weighted by Crippen LogP contribution is -2.25. The van der Waals surface area contributed by atoms with Gasteiger partial charge in [-0.05, 0) is 13.8 Å². The minimum absolute atomic E-state index is 0.541. The Morgan fingerprint density at radius 1 is 1.50 bits per heavy atom. The lowest BCUT2D eigenvalue weighted by Gasteiger charge is -2.18. The van der Waals surface area contributed by atoms with Crippen LogP contribution in [0.15, 0.2) is 0 Å². The average molecular weight is 193 g/mol. The summed E-state index contributed by atoms with van der Waals surface area (Å²) in [6.45, 7) is 8.70. The summed E-state index contributed by atoms with van der Waals surface area (Å²) >= 11 is 0. The van der Waals surface area contributed by atoms with Crippen molar-refractivity contribution in [3.63, 3.8) is 0 Å². The van der Waals surface area contributed by atoms with Gasteiger partial charge in [0.05, 0.1) is 5.69 Å². The van der Waals surface area contributed by atoms with Gasteiger partial charge in [0.25, 0.3) is 0 Å². The largest absolute Gasteiger partial charge is 0.329 e. The molecule has 1 aromatic heterocycles. The topological polar surface area (TPSA) is 29.9 Å². The summed E-state index contributed by atoms with van der Waals surface area (Å²) < 4.78 is 2.41. The predicted octanol–water partition coefficient (Wildman–Crippen LogP) is 1.67. The predicted molar refractivity (Wildman–Crippen MR) is 57.4 cm³/mol. The molecule has 0 amide bonds. The summed E-state index contributed by atoms with van der Waals surface area (Å²) in [7, 11) is 0. The van der Waals surface area contributed by atoms with Gasteiger partial charge in [-0.1, -0.05) is 6.92 Å². The van der Waals surface area contributed by atoms with Crippen LogP contribution in [0.1, 0.15) is 44.0 Å². The molecule has 78 valence electrons. The molecule has 0 bridgehead atoms. The zero-order valence-electron chi connectivity index (χ0n) is 9.30. The van der Waals surface area contributed by atoms with Crippen LogP contribution in [0.5, 0.6) is 0 Å². The van der Waals surface area contributed by atoms with Gasteiger partial charge in [0.1, 0.15) is 5.82 Å². The van der Waals surface area contributed by atoms with Gasteiger partial charge < -0.3 is 9.88 Å². The molecule has 0 fully saturated rings. The molecule has 0 spiro atoms. The lowest BCUT2D eigenvalue weighted by molar-refractivity contribution is 0.527. The second-order valence-electron chi connectivity index (χ2n) is 4.17. The molecule has 2 heterocycles. The van der Waals surface area contributed by atoms with Crippen molar-refractivity contribution < 1.29 is 0 Å². The number of aryl methyl sites for hydroxylation is 1. The molecule has 3 heteroatoms. The van der Waals surface area contributed by atoms with Crippen molar-refractivity contribution in [2.24, 2.45) is 0 Å². The van der Waals surface area contributed by atoms with E-state index in [0.717, 1.165) is 25.9 Å². The van der Waals surface area contributed by atoms with Crippen LogP contribution >= 0.6 is 0 Å². The molecule has 3 nitrogen and oxygen atoms in total. The molecule has 2 rings (SSSR count). The van der Waals surface area contributed by atoms with Gasteiger partial charge in [-0.3, -0.25) is 0 Å². The minimum atomic E-state index is 0.541. The number of fused-ring (bicyclic) bond motifs is 1. The van der Waals surface area contributed by atoms with E-state index in [1.54, 1.807) is 0 Å². The summed E-state index contributed by atoms with van der Waals surface area (Å²) in [5, 5.41) is 3.37. The van der Waals surface area contributed by atoms with Crippen LogP contribution in [0.4, 0.5) is 0 Å². The zero-order chi connectivity index (χ0) is 10.1. The summed E-state index contributed by atoms with van der Waals surface area (Å²) in [5.41, 5.74) is 2.72. The molecule has 14 heavy (non-hydrogen) atoms. The van der Waals surface area contributed by atoms with Crippen LogP contribution in [0.25, 0.3) is 0 Å². The van der Waals surface area contributed by atoms with Gasteiger partial charge in [0.15, 0.2) is 0 Å². The van der Waals surface area contributed by atoms with E-state index in [1.807, 2.05) is 0 Å². The first kappa shape index (κ1) is 9.71.